The van der Waals surface area contributed by atoms with Crippen molar-refractivity contribution in [2.24, 2.45) is 0 Å². The van der Waals surface area contributed by atoms with E-state index in [1.54, 1.807) is 11.8 Å². The van der Waals surface area contributed by atoms with Gasteiger partial charge in [0, 0.05) is 17.0 Å². The van der Waals surface area contributed by atoms with E-state index in [0.717, 1.165) is 33.7 Å². The quantitative estimate of drug-likeness (QED) is 0.263. The molecule has 4 nitrogen and oxygen atoms in total. The van der Waals surface area contributed by atoms with Crippen LogP contribution in [0.5, 0.6) is 5.75 Å². The molecule has 0 aliphatic carbocycles. The summed E-state index contributed by atoms with van der Waals surface area (Å²) in [5, 5.41) is 12.5. The van der Waals surface area contributed by atoms with E-state index in [4.69, 9.17) is 4.74 Å². The van der Waals surface area contributed by atoms with Crippen molar-refractivity contribution in [3.05, 3.63) is 103 Å². The summed E-state index contributed by atoms with van der Waals surface area (Å²) >= 11 is 1.70. The molecule has 0 spiro atoms. The maximum absolute atomic E-state index is 5.62. The van der Waals surface area contributed by atoms with Gasteiger partial charge >= 0.3 is 0 Å². The fourth-order valence-electron chi connectivity index (χ4n) is 3.79. The SMILES string of the molecule is CCOc1ccc(-n2c(SCc3cccc4ccccc34)nnc2-c2ccccc2)cc1. The summed E-state index contributed by atoms with van der Waals surface area (Å²) in [6, 6.07) is 33.2. The minimum absolute atomic E-state index is 0.646. The highest BCUT2D eigenvalue weighted by Crippen LogP contribution is 2.32. The summed E-state index contributed by atoms with van der Waals surface area (Å²) in [4.78, 5) is 0. The van der Waals surface area contributed by atoms with Crippen LogP contribution in [-0.4, -0.2) is 21.4 Å². The highest BCUT2D eigenvalue weighted by atomic mass is 32.2. The van der Waals surface area contributed by atoms with E-state index in [1.807, 2.05) is 37.3 Å². The first kappa shape index (κ1) is 20.3. The van der Waals surface area contributed by atoms with Crippen molar-refractivity contribution in [1.29, 1.82) is 0 Å². The van der Waals surface area contributed by atoms with Crippen molar-refractivity contribution >= 4 is 22.5 Å². The topological polar surface area (TPSA) is 39.9 Å². The summed E-state index contributed by atoms with van der Waals surface area (Å²) in [6.07, 6.45) is 0. The Morgan fingerprint density at radius 1 is 0.781 bits per heavy atom. The molecule has 5 heteroatoms. The van der Waals surface area contributed by atoms with E-state index >= 15 is 0 Å². The summed E-state index contributed by atoms with van der Waals surface area (Å²) < 4.78 is 7.75. The van der Waals surface area contributed by atoms with Crippen LogP contribution < -0.4 is 4.74 Å². The Bertz CT molecular complexity index is 1330. The van der Waals surface area contributed by atoms with Gasteiger partial charge in [0.25, 0.3) is 0 Å². The Labute approximate surface area is 191 Å². The van der Waals surface area contributed by atoms with Crippen LogP contribution in [0.15, 0.2) is 102 Å². The summed E-state index contributed by atoms with van der Waals surface area (Å²) in [5.41, 5.74) is 3.33. The zero-order valence-electron chi connectivity index (χ0n) is 17.8. The van der Waals surface area contributed by atoms with E-state index in [0.29, 0.717) is 6.61 Å². The fourth-order valence-corrected chi connectivity index (χ4v) is 4.74. The predicted octanol–water partition coefficient (Wildman–Crippen LogP) is 6.78. The standard InChI is InChI=1S/C27H23N3OS/c1-2-31-24-17-15-23(16-18-24)30-26(21-10-4-3-5-11-21)28-29-27(30)32-19-22-13-8-12-20-9-6-7-14-25(20)22/h3-18H,2,19H2,1H3. The maximum atomic E-state index is 5.62. The van der Waals surface area contributed by atoms with Gasteiger partial charge in [-0.1, -0.05) is 84.6 Å². The van der Waals surface area contributed by atoms with E-state index in [2.05, 4.69) is 81.5 Å². The number of aromatic nitrogens is 3. The van der Waals surface area contributed by atoms with Crippen LogP contribution in [0.4, 0.5) is 0 Å². The lowest BCUT2D eigenvalue weighted by molar-refractivity contribution is 0.340. The molecule has 0 unspecified atom stereocenters. The van der Waals surface area contributed by atoms with Gasteiger partial charge in [0.15, 0.2) is 11.0 Å². The molecule has 5 aromatic rings. The zero-order chi connectivity index (χ0) is 21.8. The number of ether oxygens (including phenoxy) is 1. The second-order valence-electron chi connectivity index (χ2n) is 7.36. The summed E-state index contributed by atoms with van der Waals surface area (Å²) in [7, 11) is 0. The van der Waals surface area contributed by atoms with Crippen LogP contribution in [0, 0.1) is 0 Å². The maximum Gasteiger partial charge on any atom is 0.196 e. The lowest BCUT2D eigenvalue weighted by Gasteiger charge is -2.12. The van der Waals surface area contributed by atoms with E-state index in [1.165, 1.54) is 16.3 Å². The summed E-state index contributed by atoms with van der Waals surface area (Å²) in [5.74, 6) is 2.50. The average molecular weight is 438 g/mol. The van der Waals surface area contributed by atoms with Crippen LogP contribution in [0.2, 0.25) is 0 Å². The highest BCUT2D eigenvalue weighted by Gasteiger charge is 2.16. The molecule has 0 radical (unpaired) electrons. The Balaban J connectivity index is 1.52. The van der Waals surface area contributed by atoms with Gasteiger partial charge in [-0.05, 0) is 47.5 Å². The van der Waals surface area contributed by atoms with Crippen molar-refractivity contribution in [2.45, 2.75) is 17.8 Å². The minimum atomic E-state index is 0.646. The molecule has 0 atom stereocenters. The van der Waals surface area contributed by atoms with Gasteiger partial charge in [-0.3, -0.25) is 4.57 Å². The zero-order valence-corrected chi connectivity index (χ0v) is 18.6. The normalized spacial score (nSPS) is 11.0. The van der Waals surface area contributed by atoms with Crippen LogP contribution >= 0.6 is 11.8 Å². The molecule has 0 aliphatic rings. The molecule has 0 N–H and O–H groups in total. The highest BCUT2D eigenvalue weighted by molar-refractivity contribution is 7.98. The Morgan fingerprint density at radius 2 is 1.53 bits per heavy atom. The third-order valence-corrected chi connectivity index (χ3v) is 6.29. The van der Waals surface area contributed by atoms with Crippen molar-refractivity contribution in [3.63, 3.8) is 0 Å². The smallest absolute Gasteiger partial charge is 0.196 e. The van der Waals surface area contributed by atoms with Crippen molar-refractivity contribution in [3.8, 4) is 22.8 Å². The molecule has 32 heavy (non-hydrogen) atoms. The van der Waals surface area contributed by atoms with Crippen molar-refractivity contribution in [2.75, 3.05) is 6.61 Å². The van der Waals surface area contributed by atoms with Gasteiger partial charge < -0.3 is 4.74 Å². The monoisotopic (exact) mass is 437 g/mol. The molecule has 5 rings (SSSR count). The molecule has 0 amide bonds. The molecule has 4 aromatic carbocycles. The molecule has 0 saturated carbocycles. The molecule has 0 bridgehead atoms. The number of rotatable bonds is 7. The number of hydrogen-bond acceptors (Lipinski definition) is 4. The number of thioether (sulfide) groups is 1. The van der Waals surface area contributed by atoms with Gasteiger partial charge in [-0.15, -0.1) is 10.2 Å². The number of fused-ring (bicyclic) bond motifs is 1. The molecule has 0 fully saturated rings. The lowest BCUT2D eigenvalue weighted by Crippen LogP contribution is -2.00. The van der Waals surface area contributed by atoms with Crippen LogP contribution in [0.25, 0.3) is 27.8 Å². The number of hydrogen-bond donors (Lipinski definition) is 0. The molecule has 0 saturated heterocycles. The number of nitrogens with zero attached hydrogens (tertiary/aromatic N) is 3. The molecule has 1 heterocycles. The Hall–Kier alpha value is -3.57. The van der Waals surface area contributed by atoms with Crippen molar-refractivity contribution < 1.29 is 4.74 Å². The molecule has 1 aromatic heterocycles. The molecule has 158 valence electrons. The van der Waals surface area contributed by atoms with Gasteiger partial charge in [0.1, 0.15) is 5.75 Å². The predicted molar refractivity (Wildman–Crippen MR) is 131 cm³/mol. The minimum Gasteiger partial charge on any atom is -0.494 e. The summed E-state index contributed by atoms with van der Waals surface area (Å²) in [6.45, 7) is 2.64. The first-order valence-corrected chi connectivity index (χ1v) is 11.7. The molecular weight excluding hydrogens is 414 g/mol. The van der Waals surface area contributed by atoms with Gasteiger partial charge in [-0.25, -0.2) is 0 Å². The van der Waals surface area contributed by atoms with E-state index in [-0.39, 0.29) is 0 Å². The first-order valence-electron chi connectivity index (χ1n) is 10.7. The second-order valence-corrected chi connectivity index (χ2v) is 8.30. The van der Waals surface area contributed by atoms with Gasteiger partial charge in [0.05, 0.1) is 6.61 Å². The Kier molecular flexibility index (Phi) is 5.90. The van der Waals surface area contributed by atoms with E-state index < -0.39 is 0 Å². The lowest BCUT2D eigenvalue weighted by atomic mass is 10.1. The average Bonchev–Trinajstić information content (AvgIpc) is 3.28. The number of benzene rings is 4. The third kappa shape index (κ3) is 4.12. The first-order chi connectivity index (χ1) is 15.8. The third-order valence-electron chi connectivity index (χ3n) is 5.31. The largest absolute Gasteiger partial charge is 0.494 e. The second kappa shape index (κ2) is 9.28. The van der Waals surface area contributed by atoms with Crippen LogP contribution in [-0.2, 0) is 5.75 Å². The van der Waals surface area contributed by atoms with Gasteiger partial charge in [-0.2, -0.15) is 0 Å². The van der Waals surface area contributed by atoms with Crippen LogP contribution in [0.1, 0.15) is 12.5 Å². The molecular formula is C27H23N3OS. The van der Waals surface area contributed by atoms with Crippen molar-refractivity contribution in [1.82, 2.24) is 14.8 Å². The van der Waals surface area contributed by atoms with E-state index in [9.17, 15) is 0 Å². The molecule has 0 aliphatic heterocycles. The fraction of sp³-hybridized carbons (Fsp3) is 0.111. The van der Waals surface area contributed by atoms with Gasteiger partial charge in [0.2, 0.25) is 0 Å². The van der Waals surface area contributed by atoms with Crippen LogP contribution in [0.3, 0.4) is 0 Å². The Morgan fingerprint density at radius 3 is 2.34 bits per heavy atom.